The van der Waals surface area contributed by atoms with Gasteiger partial charge in [0.05, 0.1) is 5.56 Å². The van der Waals surface area contributed by atoms with E-state index in [1.54, 1.807) is 0 Å². The number of carbonyl (C=O) groups is 1. The van der Waals surface area contributed by atoms with Crippen LogP contribution in [0.2, 0.25) is 0 Å². The molecule has 1 aromatic carbocycles. The fraction of sp³-hybridized carbons (Fsp3) is 0.471. The number of aryl methyl sites for hydroxylation is 1. The number of hydrogen-bond donors (Lipinski definition) is 1. The SMILES string of the molecule is Cc1cccc(C(=O)N2CC=C(C(C)(C)C)CC2)c1N. The number of carbonyl (C=O) groups excluding carboxylic acids is 1. The summed E-state index contributed by atoms with van der Waals surface area (Å²) in [5, 5.41) is 0. The minimum atomic E-state index is 0.0374. The van der Waals surface area contributed by atoms with Crippen molar-refractivity contribution in [3.8, 4) is 0 Å². The molecule has 1 aromatic rings. The number of nitrogens with two attached hydrogens (primary N) is 1. The quantitative estimate of drug-likeness (QED) is 0.629. The van der Waals surface area contributed by atoms with Gasteiger partial charge in [-0.05, 0) is 30.4 Å². The molecule has 3 nitrogen and oxygen atoms in total. The Kier molecular flexibility index (Phi) is 3.89. The molecule has 0 radical (unpaired) electrons. The van der Waals surface area contributed by atoms with Crippen LogP contribution in [0.1, 0.15) is 43.1 Å². The number of nitrogens with zero attached hydrogens (tertiary/aromatic N) is 1. The average Bonchev–Trinajstić information content (AvgIpc) is 2.40. The highest BCUT2D eigenvalue weighted by Crippen LogP contribution is 2.30. The Hall–Kier alpha value is -1.77. The predicted octanol–water partition coefficient (Wildman–Crippen LogP) is 3.40. The first-order valence-electron chi connectivity index (χ1n) is 7.14. The molecule has 108 valence electrons. The van der Waals surface area contributed by atoms with Crippen LogP contribution in [0, 0.1) is 12.3 Å². The normalized spacial score (nSPS) is 16.0. The lowest BCUT2D eigenvalue weighted by Gasteiger charge is -2.32. The van der Waals surface area contributed by atoms with Crippen molar-refractivity contribution >= 4 is 11.6 Å². The van der Waals surface area contributed by atoms with Gasteiger partial charge in [0, 0.05) is 18.8 Å². The monoisotopic (exact) mass is 272 g/mol. The van der Waals surface area contributed by atoms with Crippen LogP contribution in [-0.2, 0) is 0 Å². The van der Waals surface area contributed by atoms with Crippen molar-refractivity contribution in [2.24, 2.45) is 5.41 Å². The zero-order chi connectivity index (χ0) is 14.9. The number of para-hydroxylation sites is 1. The number of nitrogen functional groups attached to an aromatic ring is 1. The van der Waals surface area contributed by atoms with Crippen molar-refractivity contribution in [2.75, 3.05) is 18.8 Å². The third-order valence-corrected chi connectivity index (χ3v) is 4.01. The fourth-order valence-electron chi connectivity index (χ4n) is 2.57. The van der Waals surface area contributed by atoms with E-state index in [9.17, 15) is 4.79 Å². The molecular weight excluding hydrogens is 248 g/mol. The van der Waals surface area contributed by atoms with Gasteiger partial charge in [0.2, 0.25) is 0 Å². The van der Waals surface area contributed by atoms with Gasteiger partial charge in [-0.25, -0.2) is 0 Å². The van der Waals surface area contributed by atoms with E-state index in [0.717, 1.165) is 18.5 Å². The molecular formula is C17H24N2O. The van der Waals surface area contributed by atoms with Crippen LogP contribution >= 0.6 is 0 Å². The van der Waals surface area contributed by atoms with Gasteiger partial charge >= 0.3 is 0 Å². The largest absolute Gasteiger partial charge is 0.398 e. The Morgan fingerprint density at radius 1 is 1.30 bits per heavy atom. The van der Waals surface area contributed by atoms with Gasteiger partial charge in [0.25, 0.3) is 5.91 Å². The van der Waals surface area contributed by atoms with E-state index in [2.05, 4.69) is 26.8 Å². The lowest BCUT2D eigenvalue weighted by Crippen LogP contribution is -2.36. The van der Waals surface area contributed by atoms with Crippen molar-refractivity contribution in [3.05, 3.63) is 41.0 Å². The Morgan fingerprint density at radius 2 is 2.00 bits per heavy atom. The van der Waals surface area contributed by atoms with E-state index in [0.29, 0.717) is 17.8 Å². The summed E-state index contributed by atoms with van der Waals surface area (Å²) in [7, 11) is 0. The number of anilines is 1. The van der Waals surface area contributed by atoms with Crippen molar-refractivity contribution < 1.29 is 4.79 Å². The molecule has 2 N–H and O–H groups in total. The molecule has 0 saturated heterocycles. The third kappa shape index (κ3) is 2.87. The van der Waals surface area contributed by atoms with Gasteiger partial charge in [-0.2, -0.15) is 0 Å². The molecule has 20 heavy (non-hydrogen) atoms. The van der Waals surface area contributed by atoms with Gasteiger partial charge in [0.15, 0.2) is 0 Å². The van der Waals surface area contributed by atoms with Gasteiger partial charge in [-0.15, -0.1) is 0 Å². The standard InChI is InChI=1S/C17H24N2O/c1-12-6-5-7-14(15(12)18)16(20)19-10-8-13(9-11-19)17(2,3)4/h5-8H,9-11,18H2,1-4H3. The Balaban J connectivity index is 2.17. The van der Waals surface area contributed by atoms with Crippen LogP contribution in [0.5, 0.6) is 0 Å². The molecule has 2 rings (SSSR count). The highest BCUT2D eigenvalue weighted by Gasteiger charge is 2.25. The van der Waals surface area contributed by atoms with E-state index in [1.165, 1.54) is 5.57 Å². The van der Waals surface area contributed by atoms with Crippen LogP contribution in [0.25, 0.3) is 0 Å². The first kappa shape index (κ1) is 14.6. The first-order chi connectivity index (χ1) is 9.30. The molecule has 0 fully saturated rings. The molecule has 0 saturated carbocycles. The second kappa shape index (κ2) is 5.31. The molecule has 1 aliphatic rings. The molecule has 3 heteroatoms. The number of hydrogen-bond acceptors (Lipinski definition) is 2. The van der Waals surface area contributed by atoms with E-state index in [-0.39, 0.29) is 11.3 Å². The summed E-state index contributed by atoms with van der Waals surface area (Å²) >= 11 is 0. The minimum absolute atomic E-state index is 0.0374. The molecule has 0 unspecified atom stereocenters. The smallest absolute Gasteiger partial charge is 0.256 e. The maximum atomic E-state index is 12.5. The zero-order valence-corrected chi connectivity index (χ0v) is 12.9. The summed E-state index contributed by atoms with van der Waals surface area (Å²) in [5.74, 6) is 0.0374. The van der Waals surface area contributed by atoms with Gasteiger partial charge < -0.3 is 10.6 Å². The molecule has 0 bridgehead atoms. The molecule has 0 aliphatic carbocycles. The second-order valence-electron chi connectivity index (χ2n) is 6.52. The molecule has 0 atom stereocenters. The predicted molar refractivity (Wildman–Crippen MR) is 83.6 cm³/mol. The summed E-state index contributed by atoms with van der Waals surface area (Å²) < 4.78 is 0. The molecule has 0 aromatic heterocycles. The fourth-order valence-corrected chi connectivity index (χ4v) is 2.57. The van der Waals surface area contributed by atoms with E-state index in [4.69, 9.17) is 5.73 Å². The van der Waals surface area contributed by atoms with E-state index >= 15 is 0 Å². The summed E-state index contributed by atoms with van der Waals surface area (Å²) in [5.41, 5.74) is 9.83. The zero-order valence-electron chi connectivity index (χ0n) is 12.9. The summed E-state index contributed by atoms with van der Waals surface area (Å²) in [6.07, 6.45) is 3.13. The van der Waals surface area contributed by atoms with E-state index < -0.39 is 0 Å². The average molecular weight is 272 g/mol. The maximum Gasteiger partial charge on any atom is 0.256 e. The topological polar surface area (TPSA) is 46.3 Å². The van der Waals surface area contributed by atoms with Crippen LogP contribution in [-0.4, -0.2) is 23.9 Å². The van der Waals surface area contributed by atoms with Crippen LogP contribution in [0.15, 0.2) is 29.8 Å². The Morgan fingerprint density at radius 3 is 2.55 bits per heavy atom. The number of rotatable bonds is 1. The number of benzene rings is 1. The Labute approximate surface area is 121 Å². The van der Waals surface area contributed by atoms with Crippen molar-refractivity contribution in [1.82, 2.24) is 4.90 Å². The third-order valence-electron chi connectivity index (χ3n) is 4.01. The minimum Gasteiger partial charge on any atom is -0.398 e. The van der Waals surface area contributed by atoms with Crippen molar-refractivity contribution in [3.63, 3.8) is 0 Å². The molecule has 0 spiro atoms. The maximum absolute atomic E-state index is 12.5. The summed E-state index contributed by atoms with van der Waals surface area (Å²) in [4.78, 5) is 14.4. The Bertz CT molecular complexity index is 553. The van der Waals surface area contributed by atoms with Crippen LogP contribution in [0.4, 0.5) is 5.69 Å². The lowest BCUT2D eigenvalue weighted by atomic mass is 9.83. The van der Waals surface area contributed by atoms with Crippen LogP contribution < -0.4 is 5.73 Å². The van der Waals surface area contributed by atoms with Gasteiger partial charge in [-0.3, -0.25) is 4.79 Å². The second-order valence-corrected chi connectivity index (χ2v) is 6.52. The first-order valence-corrected chi connectivity index (χ1v) is 7.14. The molecule has 1 amide bonds. The highest BCUT2D eigenvalue weighted by molar-refractivity contribution is 5.99. The van der Waals surface area contributed by atoms with Gasteiger partial charge in [0.1, 0.15) is 0 Å². The molecule has 1 aliphatic heterocycles. The highest BCUT2D eigenvalue weighted by atomic mass is 16.2. The van der Waals surface area contributed by atoms with Crippen molar-refractivity contribution in [2.45, 2.75) is 34.1 Å². The van der Waals surface area contributed by atoms with Crippen molar-refractivity contribution in [1.29, 1.82) is 0 Å². The summed E-state index contributed by atoms with van der Waals surface area (Å²) in [6.45, 7) is 10.0. The summed E-state index contributed by atoms with van der Waals surface area (Å²) in [6, 6.07) is 5.63. The van der Waals surface area contributed by atoms with Crippen LogP contribution in [0.3, 0.4) is 0 Å². The molecule has 1 heterocycles. The van der Waals surface area contributed by atoms with E-state index in [1.807, 2.05) is 30.0 Å². The number of amides is 1. The lowest BCUT2D eigenvalue weighted by molar-refractivity contribution is 0.0766. The van der Waals surface area contributed by atoms with Gasteiger partial charge in [-0.1, -0.05) is 44.6 Å².